The highest BCUT2D eigenvalue weighted by Gasteiger charge is 2.45. The maximum atomic E-state index is 13.9. The summed E-state index contributed by atoms with van der Waals surface area (Å²) in [6, 6.07) is 6.46. The molecule has 11 heteroatoms. The fraction of sp³-hybridized carbons (Fsp3) is 0.556. The molecule has 0 amide bonds. The van der Waals surface area contributed by atoms with Crippen LogP contribution in [0.3, 0.4) is 0 Å². The van der Waals surface area contributed by atoms with E-state index in [-0.39, 0.29) is 36.1 Å². The van der Waals surface area contributed by atoms with E-state index in [1.54, 1.807) is 26.8 Å². The van der Waals surface area contributed by atoms with Crippen molar-refractivity contribution < 1.29 is 27.5 Å². The van der Waals surface area contributed by atoms with Crippen molar-refractivity contribution in [2.75, 3.05) is 18.4 Å². The van der Waals surface area contributed by atoms with Gasteiger partial charge in [0.25, 0.3) is 0 Å². The summed E-state index contributed by atoms with van der Waals surface area (Å²) in [5, 5.41) is 20.0. The number of piperidine rings is 1. The molecule has 2 aliphatic rings. The lowest BCUT2D eigenvalue weighted by atomic mass is 9.75. The van der Waals surface area contributed by atoms with Crippen LogP contribution in [0.2, 0.25) is 0 Å². The van der Waals surface area contributed by atoms with E-state index in [1.165, 1.54) is 16.8 Å². The summed E-state index contributed by atoms with van der Waals surface area (Å²) in [4.78, 5) is 25.4. The maximum Gasteiger partial charge on any atom is 0.435 e. The summed E-state index contributed by atoms with van der Waals surface area (Å²) in [7, 11) is 0. The van der Waals surface area contributed by atoms with E-state index >= 15 is 0 Å². The standard InChI is InChI=1S/C27H32F3N5O3/c1-25(2,3)38-24(37)16-8-17(14-32-13-16)33-19-9-18(7-6-15(19)12-31)35-20-10-26(4,5)11-21(36)22(20)23(34-35)27(28,29)30/h6-7,9,16-17,32-33H,8,10-11,13-14H2,1-5H3. The number of nitrogens with one attached hydrogen (secondary N) is 2. The van der Waals surface area contributed by atoms with Gasteiger partial charge in [0.1, 0.15) is 11.7 Å². The fourth-order valence-corrected chi connectivity index (χ4v) is 5.08. The van der Waals surface area contributed by atoms with Crippen LogP contribution in [0.1, 0.15) is 74.8 Å². The van der Waals surface area contributed by atoms with Crippen molar-refractivity contribution in [1.82, 2.24) is 15.1 Å². The van der Waals surface area contributed by atoms with Gasteiger partial charge in [-0.15, -0.1) is 0 Å². The molecule has 0 radical (unpaired) electrons. The van der Waals surface area contributed by atoms with Crippen molar-refractivity contribution in [1.29, 1.82) is 5.26 Å². The van der Waals surface area contributed by atoms with E-state index in [9.17, 15) is 28.0 Å². The predicted octanol–water partition coefficient (Wildman–Crippen LogP) is 4.65. The molecule has 0 saturated carbocycles. The molecule has 1 aromatic heterocycles. The van der Waals surface area contributed by atoms with Crippen LogP contribution in [0, 0.1) is 22.7 Å². The smallest absolute Gasteiger partial charge is 0.435 e. The van der Waals surface area contributed by atoms with Gasteiger partial charge in [-0.05, 0) is 57.2 Å². The quantitative estimate of drug-likeness (QED) is 0.553. The molecule has 4 rings (SSSR count). The van der Waals surface area contributed by atoms with E-state index < -0.39 is 34.6 Å². The van der Waals surface area contributed by atoms with Gasteiger partial charge in [0.2, 0.25) is 0 Å². The molecule has 1 aliphatic heterocycles. The van der Waals surface area contributed by atoms with Gasteiger partial charge in [0.05, 0.1) is 34.1 Å². The Morgan fingerprint density at radius 1 is 1.24 bits per heavy atom. The summed E-state index contributed by atoms with van der Waals surface area (Å²) in [6.45, 7) is 10.0. The second kappa shape index (κ2) is 9.73. The number of alkyl halides is 3. The Labute approximate surface area is 219 Å². The molecule has 2 aromatic rings. The van der Waals surface area contributed by atoms with Crippen molar-refractivity contribution in [3.05, 3.63) is 40.7 Å². The first-order valence-corrected chi connectivity index (χ1v) is 12.5. The molecule has 0 bridgehead atoms. The third kappa shape index (κ3) is 5.85. The second-order valence-electron chi connectivity index (χ2n) is 11.8. The molecule has 2 N–H and O–H groups in total. The fourth-order valence-electron chi connectivity index (χ4n) is 5.08. The zero-order valence-electron chi connectivity index (χ0n) is 22.1. The van der Waals surface area contributed by atoms with Gasteiger partial charge in [0.15, 0.2) is 11.5 Å². The normalized spacial score (nSPS) is 21.4. The molecule has 8 nitrogen and oxygen atoms in total. The highest BCUT2D eigenvalue weighted by atomic mass is 19.4. The number of ketones is 1. The predicted molar refractivity (Wildman–Crippen MR) is 134 cm³/mol. The van der Waals surface area contributed by atoms with Crippen LogP contribution in [0.4, 0.5) is 18.9 Å². The van der Waals surface area contributed by atoms with Crippen molar-refractivity contribution in [3.8, 4) is 11.8 Å². The Balaban J connectivity index is 1.68. The number of rotatable bonds is 4. The zero-order chi connectivity index (χ0) is 28.0. The highest BCUT2D eigenvalue weighted by molar-refractivity contribution is 6.00. The van der Waals surface area contributed by atoms with Crippen LogP contribution in [0.5, 0.6) is 0 Å². The van der Waals surface area contributed by atoms with E-state index in [1.807, 2.05) is 13.8 Å². The lowest BCUT2D eigenvalue weighted by Crippen LogP contribution is -2.47. The molecule has 2 atom stereocenters. The lowest BCUT2D eigenvalue weighted by Gasteiger charge is -2.32. The monoisotopic (exact) mass is 531 g/mol. The number of carbonyl (C=O) groups excluding carboxylic acids is 2. The number of hydrogen-bond acceptors (Lipinski definition) is 7. The Hall–Kier alpha value is -3.39. The minimum Gasteiger partial charge on any atom is -0.460 e. The van der Waals surface area contributed by atoms with Crippen molar-refractivity contribution in [3.63, 3.8) is 0 Å². The number of anilines is 1. The lowest BCUT2D eigenvalue weighted by molar-refractivity contribution is -0.160. The Kier molecular flexibility index (Phi) is 7.08. The Morgan fingerprint density at radius 3 is 2.58 bits per heavy atom. The third-order valence-electron chi connectivity index (χ3n) is 6.63. The number of aromatic nitrogens is 2. The number of Topliss-reactive ketones (excluding diaryl/α,β-unsaturated/α-hetero) is 1. The number of hydrogen-bond donors (Lipinski definition) is 2. The number of fused-ring (bicyclic) bond motifs is 1. The van der Waals surface area contributed by atoms with E-state index in [2.05, 4.69) is 21.8 Å². The number of nitriles is 1. The van der Waals surface area contributed by atoms with Crippen LogP contribution < -0.4 is 10.6 Å². The number of carbonyl (C=O) groups is 2. The topological polar surface area (TPSA) is 109 Å². The zero-order valence-corrected chi connectivity index (χ0v) is 22.1. The van der Waals surface area contributed by atoms with E-state index in [4.69, 9.17) is 4.74 Å². The van der Waals surface area contributed by atoms with Crippen LogP contribution in [-0.2, 0) is 22.1 Å². The first kappa shape index (κ1) is 27.6. The van der Waals surface area contributed by atoms with Crippen LogP contribution in [0.15, 0.2) is 18.2 Å². The molecule has 38 heavy (non-hydrogen) atoms. The maximum absolute atomic E-state index is 13.9. The van der Waals surface area contributed by atoms with Crippen LogP contribution in [0.25, 0.3) is 5.69 Å². The minimum atomic E-state index is -4.79. The van der Waals surface area contributed by atoms with Crippen molar-refractivity contribution >= 4 is 17.4 Å². The van der Waals surface area contributed by atoms with Gasteiger partial charge in [-0.3, -0.25) is 9.59 Å². The summed E-state index contributed by atoms with van der Waals surface area (Å²) in [5.74, 6) is -1.29. The molecule has 0 spiro atoms. The highest BCUT2D eigenvalue weighted by Crippen LogP contribution is 2.42. The van der Waals surface area contributed by atoms with Gasteiger partial charge in [-0.1, -0.05) is 13.8 Å². The molecular weight excluding hydrogens is 499 g/mol. The molecule has 2 heterocycles. The molecule has 2 unspecified atom stereocenters. The molecule has 1 fully saturated rings. The number of ether oxygens (including phenoxy) is 1. The third-order valence-corrected chi connectivity index (χ3v) is 6.63. The van der Waals surface area contributed by atoms with E-state index in [0.29, 0.717) is 36.4 Å². The number of benzene rings is 1. The van der Waals surface area contributed by atoms with Crippen LogP contribution >= 0.6 is 0 Å². The summed E-state index contributed by atoms with van der Waals surface area (Å²) in [5.41, 5.74) is -1.51. The average Bonchev–Trinajstić information content (AvgIpc) is 3.17. The molecule has 1 saturated heterocycles. The molecular formula is C27H32F3N5O3. The summed E-state index contributed by atoms with van der Waals surface area (Å²) in [6.07, 6.45) is -4.09. The number of nitrogens with zero attached hydrogens (tertiary/aromatic N) is 3. The van der Waals surface area contributed by atoms with Gasteiger partial charge in [-0.2, -0.15) is 23.5 Å². The Bertz CT molecular complexity index is 1300. The first-order valence-electron chi connectivity index (χ1n) is 12.5. The first-order chi connectivity index (χ1) is 17.6. The number of halogens is 3. The van der Waals surface area contributed by atoms with Crippen molar-refractivity contribution in [2.45, 2.75) is 71.7 Å². The van der Waals surface area contributed by atoms with Gasteiger partial charge < -0.3 is 15.4 Å². The van der Waals surface area contributed by atoms with Gasteiger partial charge >= 0.3 is 12.1 Å². The van der Waals surface area contributed by atoms with Gasteiger partial charge in [0, 0.05) is 25.6 Å². The second-order valence-corrected chi connectivity index (χ2v) is 11.8. The van der Waals surface area contributed by atoms with Gasteiger partial charge in [-0.25, -0.2) is 4.68 Å². The van der Waals surface area contributed by atoms with Crippen molar-refractivity contribution in [2.24, 2.45) is 11.3 Å². The SMILES string of the molecule is CC1(C)CC(=O)c2c(C(F)(F)F)nn(-c3ccc(C#N)c(NC4CNCC(C(=O)OC(C)(C)C)C4)c3)c2C1. The molecule has 1 aliphatic carbocycles. The Morgan fingerprint density at radius 2 is 1.95 bits per heavy atom. The minimum absolute atomic E-state index is 0.00242. The van der Waals surface area contributed by atoms with Crippen LogP contribution in [-0.4, -0.2) is 46.3 Å². The summed E-state index contributed by atoms with van der Waals surface area (Å²) < 4.78 is 48.3. The average molecular weight is 532 g/mol. The number of esters is 1. The molecule has 204 valence electrons. The van der Waals surface area contributed by atoms with E-state index in [0.717, 1.165) is 0 Å². The molecule has 1 aromatic carbocycles. The summed E-state index contributed by atoms with van der Waals surface area (Å²) >= 11 is 0. The largest absolute Gasteiger partial charge is 0.460 e.